The molecule has 0 heterocycles. The lowest BCUT2D eigenvalue weighted by Gasteiger charge is -2.00. The van der Waals surface area contributed by atoms with Gasteiger partial charge in [-0.3, -0.25) is 0 Å². The van der Waals surface area contributed by atoms with Crippen LogP contribution < -0.4 is 6.15 Å². The van der Waals surface area contributed by atoms with E-state index in [0.717, 1.165) is 0 Å². The summed E-state index contributed by atoms with van der Waals surface area (Å²) in [5.74, 6) is -0.688. The van der Waals surface area contributed by atoms with E-state index in [2.05, 4.69) is 0 Å². The van der Waals surface area contributed by atoms with E-state index in [1.165, 1.54) is 0 Å². The van der Waals surface area contributed by atoms with Crippen molar-refractivity contribution in [3.8, 4) is 0 Å². The van der Waals surface area contributed by atoms with Gasteiger partial charge in [0.15, 0.2) is 0 Å². The third-order valence-electron chi connectivity index (χ3n) is 0.341. The maximum atomic E-state index is 9.52. The van der Waals surface area contributed by atoms with Crippen LogP contribution in [-0.4, -0.2) is 35.9 Å². The Kier molecular flexibility index (Phi) is 10.5. The summed E-state index contributed by atoms with van der Waals surface area (Å²) < 4.78 is 28.5. The van der Waals surface area contributed by atoms with Gasteiger partial charge in [0.1, 0.15) is 0 Å². The molecule has 0 unspecified atom stereocenters. The highest BCUT2D eigenvalue weighted by molar-refractivity contribution is 7.85. The number of aliphatic hydroxyl groups is 1. The average molecular weight is 161 g/mol. The minimum Gasteiger partial charge on any atom is -0.748 e. The molecule has 7 N–H and O–H groups in total. The van der Waals surface area contributed by atoms with E-state index in [0.29, 0.717) is 0 Å². The van der Waals surface area contributed by atoms with Crippen LogP contribution in [0.25, 0.3) is 0 Å². The quantitative estimate of drug-likeness (QED) is 0.454. The van der Waals surface area contributed by atoms with Crippen LogP contribution in [-0.2, 0) is 10.1 Å². The number of hydrogen-bond donors (Lipinski definition) is 2. The second-order valence-corrected chi connectivity index (χ2v) is 2.51. The highest BCUT2D eigenvalue weighted by Crippen LogP contribution is 1.75. The standard InChI is InChI=1S/C2H6O4S.H3N.H2O/c3-1-2-7(4,5)6;;/h3H,1-2H2,(H,4,5,6);1H3;1H2. The van der Waals surface area contributed by atoms with Crippen LogP contribution >= 0.6 is 0 Å². The summed E-state index contributed by atoms with van der Waals surface area (Å²) in [5, 5.41) is 7.82. The first kappa shape index (κ1) is 15.9. The first-order valence-electron chi connectivity index (χ1n) is 1.60. The Bertz CT molecular complexity index is 128. The van der Waals surface area contributed by atoms with E-state index in [1.807, 2.05) is 0 Å². The predicted octanol–water partition coefficient (Wildman–Crippen LogP) is -1.92. The first-order valence-corrected chi connectivity index (χ1v) is 3.18. The summed E-state index contributed by atoms with van der Waals surface area (Å²) in [6.07, 6.45) is 0. The second-order valence-electron chi connectivity index (χ2n) is 0.985. The monoisotopic (exact) mass is 161 g/mol. The fourth-order valence-electron chi connectivity index (χ4n) is 0.112. The largest absolute Gasteiger partial charge is 0.748 e. The third kappa shape index (κ3) is 18.2. The number of hydrogen-bond acceptors (Lipinski definition) is 4. The molecule has 0 aromatic carbocycles. The molecule has 60 valence electrons. The minimum atomic E-state index is -4.17. The van der Waals surface area contributed by atoms with Crippen LogP contribution in [0.15, 0.2) is 0 Å². The Morgan fingerprint density at radius 1 is 1.44 bits per heavy atom. The molecule has 0 aliphatic rings. The van der Waals surface area contributed by atoms with E-state index in [9.17, 15) is 13.0 Å². The van der Waals surface area contributed by atoms with Gasteiger partial charge in [-0.05, 0) is 0 Å². The molecule has 0 amide bonds. The zero-order chi connectivity index (χ0) is 5.91. The Balaban J connectivity index is -0.000000180. The molecule has 0 aliphatic heterocycles. The number of quaternary nitrogens is 1. The molecule has 0 bridgehead atoms. The molecule has 0 radical (unpaired) electrons. The molecule has 9 heavy (non-hydrogen) atoms. The Morgan fingerprint density at radius 2 is 1.78 bits per heavy atom. The first-order chi connectivity index (χ1) is 3.06. The normalized spacial score (nSPS) is 9.11. The Hall–Kier alpha value is -0.210. The summed E-state index contributed by atoms with van der Waals surface area (Å²) in [6, 6.07) is 0. The second kappa shape index (κ2) is 5.92. The van der Waals surface area contributed by atoms with Gasteiger partial charge in [0.25, 0.3) is 0 Å². The summed E-state index contributed by atoms with van der Waals surface area (Å²) in [4.78, 5) is 0. The lowest BCUT2D eigenvalue weighted by atomic mass is 10.9. The van der Waals surface area contributed by atoms with E-state index in [1.54, 1.807) is 0 Å². The van der Waals surface area contributed by atoms with Gasteiger partial charge < -0.3 is 21.3 Å². The fourth-order valence-corrected chi connectivity index (χ4v) is 0.335. The maximum Gasteiger partial charge on any atom is 0.0968 e. The molecular weight excluding hydrogens is 150 g/mol. The van der Waals surface area contributed by atoms with Crippen molar-refractivity contribution < 1.29 is 23.6 Å². The van der Waals surface area contributed by atoms with Gasteiger partial charge in [-0.25, -0.2) is 8.42 Å². The average Bonchev–Trinajstić information content (AvgIpc) is 1.30. The highest BCUT2D eigenvalue weighted by atomic mass is 32.2. The van der Waals surface area contributed by atoms with Crippen LogP contribution in [0, 0.1) is 0 Å². The zero-order valence-electron chi connectivity index (χ0n) is 4.99. The lowest BCUT2D eigenvalue weighted by Crippen LogP contribution is -2.07. The van der Waals surface area contributed by atoms with Gasteiger partial charge in [-0.1, -0.05) is 0 Å². The van der Waals surface area contributed by atoms with Gasteiger partial charge >= 0.3 is 0 Å². The van der Waals surface area contributed by atoms with Crippen molar-refractivity contribution in [1.82, 2.24) is 6.15 Å². The van der Waals surface area contributed by atoms with E-state index in [4.69, 9.17) is 5.11 Å². The van der Waals surface area contributed by atoms with Crippen molar-refractivity contribution in [3.63, 3.8) is 0 Å². The number of rotatable bonds is 2. The van der Waals surface area contributed by atoms with Gasteiger partial charge in [0.05, 0.1) is 22.5 Å². The molecule has 0 spiro atoms. The van der Waals surface area contributed by atoms with Crippen LogP contribution in [0.2, 0.25) is 0 Å². The summed E-state index contributed by atoms with van der Waals surface area (Å²) >= 11 is 0. The van der Waals surface area contributed by atoms with Crippen LogP contribution in [0.3, 0.4) is 0 Å². The third-order valence-corrected chi connectivity index (χ3v) is 1.02. The topological polar surface area (TPSA) is 145 Å². The molecule has 0 aromatic rings. The molecule has 0 rings (SSSR count). The Morgan fingerprint density at radius 3 is 1.78 bits per heavy atom. The van der Waals surface area contributed by atoms with Gasteiger partial charge in [0.2, 0.25) is 0 Å². The molecule has 0 aliphatic carbocycles. The molecule has 6 nitrogen and oxygen atoms in total. The van der Waals surface area contributed by atoms with Crippen molar-refractivity contribution in [2.75, 3.05) is 12.4 Å². The van der Waals surface area contributed by atoms with Crippen molar-refractivity contribution in [2.24, 2.45) is 0 Å². The van der Waals surface area contributed by atoms with Gasteiger partial charge in [0, 0.05) is 0 Å². The highest BCUT2D eigenvalue weighted by Gasteiger charge is 1.88. The molecular formula is C2H11NO5S. The SMILES string of the molecule is O.O=S(=O)([O-])CCO.[NH4+]. The summed E-state index contributed by atoms with van der Waals surface area (Å²) in [6.45, 7) is -0.591. The molecule has 0 atom stereocenters. The molecule has 7 heteroatoms. The molecule has 0 saturated carbocycles. The minimum absolute atomic E-state index is 0. The summed E-state index contributed by atoms with van der Waals surface area (Å²) in [5.41, 5.74) is 0. The molecule has 0 fully saturated rings. The van der Waals surface area contributed by atoms with Crippen molar-refractivity contribution in [1.29, 1.82) is 0 Å². The lowest BCUT2D eigenvalue weighted by molar-refractivity contribution is 0.314. The fraction of sp³-hybridized carbons (Fsp3) is 1.00. The van der Waals surface area contributed by atoms with Crippen LogP contribution in [0.1, 0.15) is 0 Å². The van der Waals surface area contributed by atoms with E-state index in [-0.39, 0.29) is 11.6 Å². The number of aliphatic hydroxyl groups excluding tert-OH is 1. The summed E-state index contributed by atoms with van der Waals surface area (Å²) in [7, 11) is -4.17. The van der Waals surface area contributed by atoms with Crippen molar-refractivity contribution in [2.45, 2.75) is 0 Å². The van der Waals surface area contributed by atoms with E-state index >= 15 is 0 Å². The zero-order valence-corrected chi connectivity index (χ0v) is 5.81. The van der Waals surface area contributed by atoms with E-state index < -0.39 is 22.5 Å². The maximum absolute atomic E-state index is 9.52. The van der Waals surface area contributed by atoms with Gasteiger partial charge in [-0.15, -0.1) is 0 Å². The van der Waals surface area contributed by atoms with Crippen molar-refractivity contribution in [3.05, 3.63) is 0 Å². The van der Waals surface area contributed by atoms with Crippen LogP contribution in [0.4, 0.5) is 0 Å². The van der Waals surface area contributed by atoms with Gasteiger partial charge in [-0.2, -0.15) is 0 Å². The molecule has 0 aromatic heterocycles. The molecule has 0 saturated heterocycles. The predicted molar refractivity (Wildman–Crippen MR) is 31.2 cm³/mol. The smallest absolute Gasteiger partial charge is 0.0968 e. The van der Waals surface area contributed by atoms with Crippen LogP contribution in [0.5, 0.6) is 0 Å². The Labute approximate surface area is 53.1 Å². The van der Waals surface area contributed by atoms with Crippen molar-refractivity contribution >= 4 is 10.1 Å².